The van der Waals surface area contributed by atoms with E-state index in [9.17, 15) is 4.79 Å². The maximum atomic E-state index is 11.9. The number of thioether (sulfide) groups is 2. The van der Waals surface area contributed by atoms with E-state index in [1.165, 1.54) is 30.6 Å². The van der Waals surface area contributed by atoms with Gasteiger partial charge in [-0.1, -0.05) is 25.0 Å². The van der Waals surface area contributed by atoms with Gasteiger partial charge in [-0.3, -0.25) is 4.79 Å². The molecule has 6 heteroatoms. The molecule has 1 amide bonds. The predicted octanol–water partition coefficient (Wildman–Crippen LogP) is 3.59. The first-order valence-electron chi connectivity index (χ1n) is 8.41. The van der Waals surface area contributed by atoms with Gasteiger partial charge in [0.25, 0.3) is 0 Å². The molecule has 1 saturated carbocycles. The van der Waals surface area contributed by atoms with Crippen LogP contribution in [0.25, 0.3) is 0 Å². The predicted molar refractivity (Wildman–Crippen MR) is 102 cm³/mol. The molecular weight excluding hydrogens is 342 g/mol. The van der Waals surface area contributed by atoms with Crippen LogP contribution in [0.1, 0.15) is 25.7 Å². The number of hydrogen-bond acceptors (Lipinski definition) is 5. The Morgan fingerprint density at radius 2 is 1.96 bits per heavy atom. The van der Waals surface area contributed by atoms with Crippen LogP contribution in [0.5, 0.6) is 5.75 Å². The maximum Gasteiger partial charge on any atom is 0.230 e. The Kier molecular flexibility index (Phi) is 8.84. The molecule has 0 spiro atoms. The van der Waals surface area contributed by atoms with E-state index in [1.54, 1.807) is 26.0 Å². The first kappa shape index (κ1) is 19.5. The number of para-hydroxylation sites is 1. The van der Waals surface area contributed by atoms with E-state index in [-0.39, 0.29) is 5.91 Å². The zero-order chi connectivity index (χ0) is 17.2. The van der Waals surface area contributed by atoms with Crippen LogP contribution in [-0.2, 0) is 9.53 Å². The summed E-state index contributed by atoms with van der Waals surface area (Å²) in [7, 11) is 3.36. The highest BCUT2D eigenvalue weighted by atomic mass is 32.2. The number of amides is 1. The molecule has 0 saturated heterocycles. The molecule has 1 aliphatic rings. The van der Waals surface area contributed by atoms with Crippen molar-refractivity contribution in [3.05, 3.63) is 24.3 Å². The molecule has 134 valence electrons. The van der Waals surface area contributed by atoms with Crippen LogP contribution in [-0.4, -0.2) is 49.5 Å². The number of carbonyl (C=O) groups excluding carboxylic acids is 1. The lowest BCUT2D eigenvalue weighted by Gasteiger charge is -2.30. The molecule has 2 rings (SSSR count). The van der Waals surface area contributed by atoms with E-state index < -0.39 is 0 Å². The summed E-state index contributed by atoms with van der Waals surface area (Å²) in [5, 5.41) is 3.94. The van der Waals surface area contributed by atoms with E-state index in [1.807, 2.05) is 23.9 Å². The fourth-order valence-corrected chi connectivity index (χ4v) is 5.67. The summed E-state index contributed by atoms with van der Waals surface area (Å²) in [5.74, 6) is 1.56. The minimum absolute atomic E-state index is 0.101. The van der Waals surface area contributed by atoms with Gasteiger partial charge in [-0.2, -0.15) is 0 Å². The van der Waals surface area contributed by atoms with Crippen LogP contribution in [0.4, 0.5) is 0 Å². The quantitative estimate of drug-likeness (QED) is 0.674. The fraction of sp³-hybridized carbons (Fsp3) is 0.611. The normalized spacial score (nSPS) is 20.6. The van der Waals surface area contributed by atoms with Gasteiger partial charge < -0.3 is 14.8 Å². The smallest absolute Gasteiger partial charge is 0.230 e. The molecule has 24 heavy (non-hydrogen) atoms. The molecule has 0 radical (unpaired) electrons. The minimum atomic E-state index is 0.101. The Labute approximate surface area is 153 Å². The van der Waals surface area contributed by atoms with Crippen molar-refractivity contribution < 1.29 is 14.3 Å². The van der Waals surface area contributed by atoms with Crippen LogP contribution in [0.15, 0.2) is 29.2 Å². The number of ether oxygens (including phenoxy) is 2. The van der Waals surface area contributed by atoms with Crippen molar-refractivity contribution in [3.63, 3.8) is 0 Å². The Morgan fingerprint density at radius 1 is 1.21 bits per heavy atom. The first-order chi connectivity index (χ1) is 11.7. The van der Waals surface area contributed by atoms with Crippen molar-refractivity contribution in [1.82, 2.24) is 5.32 Å². The molecule has 0 bridgehead atoms. The lowest BCUT2D eigenvalue weighted by molar-refractivity contribution is -0.118. The summed E-state index contributed by atoms with van der Waals surface area (Å²) in [4.78, 5) is 13.1. The van der Waals surface area contributed by atoms with Gasteiger partial charge in [-0.15, -0.1) is 23.5 Å². The van der Waals surface area contributed by atoms with Crippen LogP contribution in [0.3, 0.4) is 0 Å². The summed E-state index contributed by atoms with van der Waals surface area (Å²) >= 11 is 3.69. The van der Waals surface area contributed by atoms with Gasteiger partial charge in [0.1, 0.15) is 5.75 Å². The molecule has 0 aliphatic heterocycles. The van der Waals surface area contributed by atoms with Gasteiger partial charge in [-0.25, -0.2) is 0 Å². The van der Waals surface area contributed by atoms with Crippen molar-refractivity contribution in [1.29, 1.82) is 0 Å². The van der Waals surface area contributed by atoms with Gasteiger partial charge in [0.15, 0.2) is 0 Å². The van der Waals surface area contributed by atoms with Crippen LogP contribution in [0, 0.1) is 0 Å². The average Bonchev–Trinajstić information content (AvgIpc) is 2.61. The van der Waals surface area contributed by atoms with Crippen LogP contribution < -0.4 is 10.1 Å². The molecule has 1 N–H and O–H groups in total. The zero-order valence-electron chi connectivity index (χ0n) is 14.5. The highest BCUT2D eigenvalue weighted by molar-refractivity contribution is 8.04. The van der Waals surface area contributed by atoms with Crippen molar-refractivity contribution in [2.24, 2.45) is 0 Å². The molecule has 1 fully saturated rings. The number of nitrogens with one attached hydrogen (secondary N) is 1. The lowest BCUT2D eigenvalue weighted by Crippen LogP contribution is -2.31. The van der Waals surface area contributed by atoms with Crippen molar-refractivity contribution >= 4 is 29.4 Å². The highest BCUT2D eigenvalue weighted by Gasteiger charge is 2.27. The average molecular weight is 370 g/mol. The van der Waals surface area contributed by atoms with Crippen LogP contribution in [0.2, 0.25) is 0 Å². The number of hydrogen-bond donors (Lipinski definition) is 1. The van der Waals surface area contributed by atoms with Crippen LogP contribution >= 0.6 is 23.5 Å². The van der Waals surface area contributed by atoms with Crippen molar-refractivity contribution in [3.8, 4) is 5.75 Å². The molecule has 2 unspecified atom stereocenters. The summed E-state index contributed by atoms with van der Waals surface area (Å²) in [6, 6.07) is 8.19. The topological polar surface area (TPSA) is 47.6 Å². The second kappa shape index (κ2) is 10.9. The largest absolute Gasteiger partial charge is 0.496 e. The third-order valence-corrected chi connectivity index (χ3v) is 7.10. The summed E-state index contributed by atoms with van der Waals surface area (Å²) < 4.78 is 10.4. The summed E-state index contributed by atoms with van der Waals surface area (Å²) in [5.41, 5.74) is 0. The molecule has 0 heterocycles. The number of carbonyl (C=O) groups is 1. The fourth-order valence-electron chi connectivity index (χ4n) is 2.79. The van der Waals surface area contributed by atoms with Gasteiger partial charge in [0, 0.05) is 29.0 Å². The van der Waals surface area contributed by atoms with Crippen molar-refractivity contribution in [2.45, 2.75) is 41.1 Å². The SMILES string of the molecule is COCCNC(=O)CSC1CCCCC1Sc1ccccc1OC. The summed E-state index contributed by atoms with van der Waals surface area (Å²) in [6.07, 6.45) is 4.91. The maximum absolute atomic E-state index is 11.9. The Morgan fingerprint density at radius 3 is 2.71 bits per heavy atom. The molecule has 2 atom stereocenters. The third kappa shape index (κ3) is 6.22. The Balaban J connectivity index is 1.87. The lowest BCUT2D eigenvalue weighted by atomic mass is 10.00. The van der Waals surface area contributed by atoms with E-state index in [2.05, 4.69) is 17.4 Å². The van der Waals surface area contributed by atoms with Gasteiger partial charge in [0.05, 0.1) is 19.5 Å². The van der Waals surface area contributed by atoms with Crippen molar-refractivity contribution in [2.75, 3.05) is 33.1 Å². The summed E-state index contributed by atoms with van der Waals surface area (Å²) in [6.45, 7) is 1.14. The van der Waals surface area contributed by atoms with E-state index >= 15 is 0 Å². The molecule has 4 nitrogen and oxygen atoms in total. The molecule has 0 aromatic heterocycles. The molecule has 1 aromatic carbocycles. The zero-order valence-corrected chi connectivity index (χ0v) is 16.1. The van der Waals surface area contributed by atoms with E-state index in [4.69, 9.17) is 9.47 Å². The number of rotatable bonds is 9. The second-order valence-corrected chi connectivity index (χ2v) is 8.29. The third-order valence-electron chi connectivity index (χ3n) is 4.05. The van der Waals surface area contributed by atoms with E-state index in [0.29, 0.717) is 29.4 Å². The number of methoxy groups -OCH3 is 2. The molecule has 1 aliphatic carbocycles. The van der Waals surface area contributed by atoms with Gasteiger partial charge >= 0.3 is 0 Å². The molecular formula is C18H27NO3S2. The monoisotopic (exact) mass is 369 g/mol. The first-order valence-corrected chi connectivity index (χ1v) is 10.3. The Bertz CT molecular complexity index is 513. The molecule has 1 aromatic rings. The second-order valence-electron chi connectivity index (χ2n) is 5.78. The number of benzene rings is 1. The van der Waals surface area contributed by atoms with Gasteiger partial charge in [-0.05, 0) is 25.0 Å². The highest BCUT2D eigenvalue weighted by Crippen LogP contribution is 2.42. The minimum Gasteiger partial charge on any atom is -0.496 e. The van der Waals surface area contributed by atoms with E-state index in [0.717, 1.165) is 5.75 Å². The standard InChI is InChI=1S/C18H27NO3S2/c1-21-12-11-19-18(20)13-23-16-9-5-6-10-17(16)24-15-8-4-3-7-14(15)22-2/h3-4,7-8,16-17H,5-6,9-13H2,1-2H3,(H,19,20). The Hall–Kier alpha value is -0.850. The van der Waals surface area contributed by atoms with Gasteiger partial charge in [0.2, 0.25) is 5.91 Å².